The fourth-order valence-electron chi connectivity index (χ4n) is 3.66. The molecule has 0 spiro atoms. The summed E-state index contributed by atoms with van der Waals surface area (Å²) in [4.78, 5) is 33.2. The Bertz CT molecular complexity index is 1030. The van der Waals surface area contributed by atoms with E-state index in [4.69, 9.17) is 0 Å². The molecule has 0 aliphatic carbocycles. The third-order valence-corrected chi connectivity index (χ3v) is 5.42. The molecular formula is C25H26N4O2. The van der Waals surface area contributed by atoms with Crippen molar-refractivity contribution in [3.8, 4) is 0 Å². The van der Waals surface area contributed by atoms with Gasteiger partial charge in [-0.25, -0.2) is 4.79 Å². The van der Waals surface area contributed by atoms with Gasteiger partial charge in [0.05, 0.1) is 0 Å². The molecule has 0 saturated carbocycles. The summed E-state index contributed by atoms with van der Waals surface area (Å²) in [7, 11) is 0. The van der Waals surface area contributed by atoms with Gasteiger partial charge >= 0.3 is 6.03 Å². The van der Waals surface area contributed by atoms with Crippen molar-refractivity contribution in [1.82, 2.24) is 15.2 Å². The number of urea groups is 1. The molecule has 1 aromatic heterocycles. The monoisotopic (exact) mass is 414 g/mol. The topological polar surface area (TPSA) is 65.5 Å². The summed E-state index contributed by atoms with van der Waals surface area (Å²) in [6, 6.07) is 19.2. The second-order valence-electron chi connectivity index (χ2n) is 7.79. The largest absolute Gasteiger partial charge is 0.348 e. The summed E-state index contributed by atoms with van der Waals surface area (Å²) in [5, 5.41) is 2.89. The fraction of sp³-hybridized carbons (Fsp3) is 0.240. The van der Waals surface area contributed by atoms with Gasteiger partial charge in [-0.3, -0.25) is 14.7 Å². The number of carbonyl (C=O) groups is 2. The number of hydrogen-bond donors (Lipinski definition) is 1. The van der Waals surface area contributed by atoms with Crippen LogP contribution in [-0.2, 0) is 13.1 Å². The smallest absolute Gasteiger partial charge is 0.324 e. The van der Waals surface area contributed by atoms with Crippen LogP contribution in [0.3, 0.4) is 0 Å². The third kappa shape index (κ3) is 5.09. The molecule has 1 N–H and O–H groups in total. The number of aromatic nitrogens is 1. The van der Waals surface area contributed by atoms with Gasteiger partial charge in [0.15, 0.2) is 0 Å². The van der Waals surface area contributed by atoms with E-state index in [-0.39, 0.29) is 11.9 Å². The lowest BCUT2D eigenvalue weighted by molar-refractivity contribution is 0.0951. The average molecular weight is 415 g/mol. The number of pyridine rings is 1. The zero-order valence-corrected chi connectivity index (χ0v) is 17.6. The molecule has 4 rings (SSSR count). The van der Waals surface area contributed by atoms with E-state index in [2.05, 4.69) is 41.5 Å². The normalized spacial score (nSPS) is 13.9. The Hall–Kier alpha value is -3.67. The SMILES string of the molecule is Cc1ccc(CN2CCCN(c3ccc(C(=O)NCc4cccnc4)cc3)C2=O)cc1. The predicted molar refractivity (Wildman–Crippen MR) is 121 cm³/mol. The number of aryl methyl sites for hydroxylation is 1. The van der Waals surface area contributed by atoms with E-state index in [1.54, 1.807) is 29.4 Å². The first-order valence-electron chi connectivity index (χ1n) is 10.5. The van der Waals surface area contributed by atoms with Crippen LogP contribution in [0.25, 0.3) is 0 Å². The Morgan fingerprint density at radius 2 is 1.77 bits per heavy atom. The molecule has 3 aromatic rings. The van der Waals surface area contributed by atoms with Crippen molar-refractivity contribution in [2.75, 3.05) is 18.0 Å². The molecule has 6 nitrogen and oxygen atoms in total. The lowest BCUT2D eigenvalue weighted by atomic mass is 10.1. The summed E-state index contributed by atoms with van der Waals surface area (Å²) < 4.78 is 0. The molecule has 1 saturated heterocycles. The van der Waals surface area contributed by atoms with Gasteiger partial charge in [0, 0.05) is 49.8 Å². The predicted octanol–water partition coefficient (Wildman–Crippen LogP) is 4.15. The van der Waals surface area contributed by atoms with Gasteiger partial charge in [0.1, 0.15) is 0 Å². The van der Waals surface area contributed by atoms with Crippen LogP contribution in [0.4, 0.5) is 10.5 Å². The molecule has 1 aliphatic heterocycles. The van der Waals surface area contributed by atoms with Crippen LogP contribution >= 0.6 is 0 Å². The Kier molecular flexibility index (Phi) is 6.26. The molecule has 0 unspecified atom stereocenters. The van der Waals surface area contributed by atoms with E-state index >= 15 is 0 Å². The highest BCUT2D eigenvalue weighted by atomic mass is 16.2. The maximum atomic E-state index is 13.0. The minimum Gasteiger partial charge on any atom is -0.348 e. The minimum absolute atomic E-state index is 0.000559. The van der Waals surface area contributed by atoms with Crippen molar-refractivity contribution >= 4 is 17.6 Å². The Morgan fingerprint density at radius 3 is 2.48 bits per heavy atom. The lowest BCUT2D eigenvalue weighted by Gasteiger charge is -2.35. The molecule has 6 heteroatoms. The summed E-state index contributed by atoms with van der Waals surface area (Å²) in [5.74, 6) is -0.152. The zero-order valence-electron chi connectivity index (χ0n) is 17.6. The van der Waals surface area contributed by atoms with Crippen LogP contribution in [0.2, 0.25) is 0 Å². The number of carbonyl (C=O) groups excluding carboxylic acids is 2. The molecule has 1 fully saturated rings. The first-order valence-corrected chi connectivity index (χ1v) is 10.5. The number of nitrogens with one attached hydrogen (secondary N) is 1. The fourth-order valence-corrected chi connectivity index (χ4v) is 3.66. The molecule has 2 heterocycles. The van der Waals surface area contributed by atoms with E-state index in [1.165, 1.54) is 5.56 Å². The highest BCUT2D eigenvalue weighted by Crippen LogP contribution is 2.22. The van der Waals surface area contributed by atoms with Gasteiger partial charge in [-0.15, -0.1) is 0 Å². The summed E-state index contributed by atoms with van der Waals surface area (Å²) in [5.41, 5.74) is 4.65. The minimum atomic E-state index is -0.152. The number of nitrogens with zero attached hydrogens (tertiary/aromatic N) is 3. The van der Waals surface area contributed by atoms with Crippen molar-refractivity contribution in [1.29, 1.82) is 0 Å². The summed E-state index contributed by atoms with van der Waals surface area (Å²) >= 11 is 0. The number of hydrogen-bond acceptors (Lipinski definition) is 3. The molecule has 2 aromatic carbocycles. The molecular weight excluding hydrogens is 388 g/mol. The average Bonchev–Trinajstić information content (AvgIpc) is 2.81. The van der Waals surface area contributed by atoms with Gasteiger partial charge in [-0.1, -0.05) is 35.9 Å². The number of amides is 3. The van der Waals surface area contributed by atoms with Crippen LogP contribution in [0.15, 0.2) is 73.1 Å². The third-order valence-electron chi connectivity index (χ3n) is 5.42. The second-order valence-corrected chi connectivity index (χ2v) is 7.79. The van der Waals surface area contributed by atoms with Gasteiger partial charge < -0.3 is 10.2 Å². The first-order chi connectivity index (χ1) is 15.1. The van der Waals surface area contributed by atoms with Crippen molar-refractivity contribution in [3.63, 3.8) is 0 Å². The number of rotatable bonds is 6. The molecule has 0 atom stereocenters. The van der Waals surface area contributed by atoms with Crippen LogP contribution in [0.5, 0.6) is 0 Å². The number of anilines is 1. The van der Waals surface area contributed by atoms with E-state index in [0.29, 0.717) is 25.2 Å². The van der Waals surface area contributed by atoms with Crippen LogP contribution in [0.1, 0.15) is 33.5 Å². The zero-order chi connectivity index (χ0) is 21.6. The van der Waals surface area contributed by atoms with Gasteiger partial charge in [0.2, 0.25) is 0 Å². The van der Waals surface area contributed by atoms with Crippen LogP contribution in [-0.4, -0.2) is 34.9 Å². The second kappa shape index (κ2) is 9.43. The summed E-state index contributed by atoms with van der Waals surface area (Å²) in [6.45, 7) is 4.51. The maximum absolute atomic E-state index is 13.0. The van der Waals surface area contributed by atoms with Crippen LogP contribution < -0.4 is 10.2 Å². The Morgan fingerprint density at radius 1 is 1.00 bits per heavy atom. The molecule has 0 radical (unpaired) electrons. The van der Waals surface area contributed by atoms with Crippen molar-refractivity contribution in [2.45, 2.75) is 26.4 Å². The maximum Gasteiger partial charge on any atom is 0.324 e. The highest BCUT2D eigenvalue weighted by molar-refractivity contribution is 5.96. The molecule has 3 amide bonds. The van der Waals surface area contributed by atoms with E-state index < -0.39 is 0 Å². The molecule has 158 valence electrons. The quantitative estimate of drug-likeness (QED) is 0.659. The van der Waals surface area contributed by atoms with Gasteiger partial charge in [0.25, 0.3) is 5.91 Å². The highest BCUT2D eigenvalue weighted by Gasteiger charge is 2.26. The molecule has 0 bridgehead atoms. The van der Waals surface area contributed by atoms with Crippen LogP contribution in [0, 0.1) is 6.92 Å². The summed E-state index contributed by atoms with van der Waals surface area (Å²) in [6.07, 6.45) is 4.34. The van der Waals surface area contributed by atoms with Gasteiger partial charge in [-0.05, 0) is 54.8 Å². The number of benzene rings is 2. The standard InChI is InChI=1S/C25H26N4O2/c1-19-5-7-20(8-6-19)18-28-14-3-15-29(25(28)31)23-11-9-22(10-12-23)24(30)27-17-21-4-2-13-26-16-21/h2,4-13,16H,3,14-15,17-18H2,1H3,(H,27,30). The van der Waals surface area contributed by atoms with Gasteiger partial charge in [-0.2, -0.15) is 0 Å². The van der Waals surface area contributed by atoms with Crippen molar-refractivity contribution in [3.05, 3.63) is 95.3 Å². The van der Waals surface area contributed by atoms with E-state index in [0.717, 1.165) is 29.8 Å². The van der Waals surface area contributed by atoms with E-state index in [9.17, 15) is 9.59 Å². The van der Waals surface area contributed by atoms with Crippen molar-refractivity contribution in [2.24, 2.45) is 0 Å². The first kappa shape index (κ1) is 20.6. The molecule has 31 heavy (non-hydrogen) atoms. The van der Waals surface area contributed by atoms with Crippen molar-refractivity contribution < 1.29 is 9.59 Å². The lowest BCUT2D eigenvalue weighted by Crippen LogP contribution is -2.49. The van der Waals surface area contributed by atoms with E-state index in [1.807, 2.05) is 29.2 Å². The molecule has 1 aliphatic rings. The Balaban J connectivity index is 1.38. The Labute approximate surface area is 182 Å².